The number of aromatic nitrogens is 1. The van der Waals surface area contributed by atoms with Gasteiger partial charge in [0.2, 0.25) is 5.75 Å². The Hall–Kier alpha value is -5.62. The van der Waals surface area contributed by atoms with Gasteiger partial charge in [0.25, 0.3) is 5.78 Å². The summed E-state index contributed by atoms with van der Waals surface area (Å²) < 4.78 is 27.8. The Bertz CT molecular complexity index is 1890. The minimum Gasteiger partial charge on any atom is -0.507 e. The predicted molar refractivity (Wildman–Crippen MR) is 180 cm³/mol. The molecule has 1 aliphatic rings. The quantitative estimate of drug-likeness (QED) is 0.0599. The molecule has 4 aromatic rings. The molecule has 11 nitrogen and oxygen atoms in total. The summed E-state index contributed by atoms with van der Waals surface area (Å²) in [6.45, 7) is 7.30. The molecule has 1 unspecified atom stereocenters. The summed E-state index contributed by atoms with van der Waals surface area (Å²) in [5.41, 5.74) is 2.44. The number of thiazole rings is 1. The van der Waals surface area contributed by atoms with E-state index in [1.807, 2.05) is 37.3 Å². The van der Waals surface area contributed by atoms with Crippen molar-refractivity contribution in [3.8, 4) is 23.0 Å². The molecule has 1 aliphatic heterocycles. The molecule has 0 saturated carbocycles. The maximum atomic E-state index is 13.9. The first-order valence-corrected chi connectivity index (χ1v) is 15.6. The van der Waals surface area contributed by atoms with E-state index in [1.165, 1.54) is 27.4 Å². The molecule has 1 N–H and O–H groups in total. The van der Waals surface area contributed by atoms with Crippen molar-refractivity contribution in [2.24, 2.45) is 0 Å². The van der Waals surface area contributed by atoms with Crippen molar-refractivity contribution in [3.63, 3.8) is 0 Å². The molecule has 3 aromatic carbocycles. The van der Waals surface area contributed by atoms with Gasteiger partial charge in [0.15, 0.2) is 16.6 Å². The van der Waals surface area contributed by atoms with Gasteiger partial charge in [-0.05, 0) is 60.9 Å². The lowest BCUT2D eigenvalue weighted by atomic mass is 9.94. The molecule has 0 spiro atoms. The van der Waals surface area contributed by atoms with Crippen LogP contribution in [0.4, 0.5) is 5.13 Å². The number of Topliss-reactive ketones (excluding diaryl/α,β-unsaturated/α-hetero) is 1. The molecule has 48 heavy (non-hydrogen) atoms. The molecular formula is C36H34N2O9S. The van der Waals surface area contributed by atoms with Gasteiger partial charge in [0.1, 0.15) is 29.6 Å². The summed E-state index contributed by atoms with van der Waals surface area (Å²) in [5.74, 6) is -1.56. The third kappa shape index (κ3) is 6.47. The second kappa shape index (κ2) is 14.4. The van der Waals surface area contributed by atoms with Gasteiger partial charge >= 0.3 is 11.9 Å². The third-order valence-corrected chi connectivity index (χ3v) is 8.78. The van der Waals surface area contributed by atoms with Crippen LogP contribution >= 0.6 is 11.3 Å². The summed E-state index contributed by atoms with van der Waals surface area (Å²) in [6.07, 6.45) is 1.43. The SMILES string of the molecule is C=CCOC(=O)c1sc(N2C(=O)C(=O)/C(=C(/O)c3ccc(OCc4ccccc4)c(C)c3)C2c2cc(OC)c(OC)c(OC)c2)nc1C. The van der Waals surface area contributed by atoms with Crippen molar-refractivity contribution < 1.29 is 43.2 Å². The van der Waals surface area contributed by atoms with Gasteiger partial charge in [-0.1, -0.05) is 54.3 Å². The number of amides is 1. The van der Waals surface area contributed by atoms with Crippen LogP contribution in [0.15, 0.2) is 78.9 Å². The van der Waals surface area contributed by atoms with Crippen LogP contribution in [-0.2, 0) is 20.9 Å². The molecule has 0 aliphatic carbocycles. The third-order valence-electron chi connectivity index (χ3n) is 7.64. The Morgan fingerprint density at radius 2 is 1.67 bits per heavy atom. The lowest BCUT2D eigenvalue weighted by molar-refractivity contribution is -0.132. The fourth-order valence-electron chi connectivity index (χ4n) is 5.33. The molecule has 0 bridgehead atoms. The molecule has 5 rings (SSSR count). The first-order valence-electron chi connectivity index (χ1n) is 14.8. The van der Waals surface area contributed by atoms with Crippen molar-refractivity contribution >= 4 is 39.9 Å². The van der Waals surface area contributed by atoms with Gasteiger partial charge in [0.05, 0.1) is 38.6 Å². The topological polar surface area (TPSA) is 134 Å². The number of anilines is 1. The second-order valence-electron chi connectivity index (χ2n) is 10.7. The fraction of sp³-hybridized carbons (Fsp3) is 0.222. The van der Waals surface area contributed by atoms with Gasteiger partial charge in [-0.15, -0.1) is 0 Å². The molecule has 1 atom stereocenters. The summed E-state index contributed by atoms with van der Waals surface area (Å²) in [7, 11) is 4.33. The number of aliphatic hydroxyl groups excluding tert-OH is 1. The highest BCUT2D eigenvalue weighted by molar-refractivity contribution is 7.17. The van der Waals surface area contributed by atoms with Crippen LogP contribution in [0.5, 0.6) is 23.0 Å². The average Bonchev–Trinajstić information content (AvgIpc) is 3.61. The van der Waals surface area contributed by atoms with Gasteiger partial charge in [-0.3, -0.25) is 14.5 Å². The zero-order chi connectivity index (χ0) is 34.5. The summed E-state index contributed by atoms with van der Waals surface area (Å²) >= 11 is 0.890. The largest absolute Gasteiger partial charge is 0.507 e. The van der Waals surface area contributed by atoms with E-state index in [1.54, 1.807) is 37.3 Å². The van der Waals surface area contributed by atoms with Crippen molar-refractivity contribution in [1.82, 2.24) is 4.98 Å². The number of esters is 1. The number of ketones is 1. The summed E-state index contributed by atoms with van der Waals surface area (Å²) in [6, 6.07) is 16.6. The monoisotopic (exact) mass is 670 g/mol. The number of ether oxygens (including phenoxy) is 5. The molecule has 12 heteroatoms. The van der Waals surface area contributed by atoms with Gasteiger partial charge < -0.3 is 28.8 Å². The maximum absolute atomic E-state index is 13.9. The van der Waals surface area contributed by atoms with Crippen molar-refractivity contribution in [2.45, 2.75) is 26.5 Å². The number of hydrogen-bond donors (Lipinski definition) is 1. The van der Waals surface area contributed by atoms with Crippen LogP contribution in [0.25, 0.3) is 5.76 Å². The number of aryl methyl sites for hydroxylation is 2. The van der Waals surface area contributed by atoms with E-state index in [-0.39, 0.29) is 33.7 Å². The maximum Gasteiger partial charge on any atom is 0.350 e. The highest BCUT2D eigenvalue weighted by Gasteiger charge is 2.49. The highest BCUT2D eigenvalue weighted by Crippen LogP contribution is 2.48. The zero-order valence-corrected chi connectivity index (χ0v) is 27.9. The van der Waals surface area contributed by atoms with E-state index in [0.29, 0.717) is 40.5 Å². The first-order chi connectivity index (χ1) is 23.1. The number of methoxy groups -OCH3 is 3. The zero-order valence-electron chi connectivity index (χ0n) is 27.1. The van der Waals surface area contributed by atoms with Crippen LogP contribution in [0.1, 0.15) is 43.7 Å². The van der Waals surface area contributed by atoms with Crippen molar-refractivity contribution in [3.05, 3.63) is 112 Å². The normalized spacial score (nSPS) is 15.3. The Labute approximate surface area is 281 Å². The molecule has 248 valence electrons. The number of hydrogen-bond acceptors (Lipinski definition) is 11. The summed E-state index contributed by atoms with van der Waals surface area (Å²) in [5, 5.41) is 11.8. The Morgan fingerprint density at radius 3 is 2.27 bits per heavy atom. The first kappa shape index (κ1) is 33.7. The molecule has 1 fully saturated rings. The highest BCUT2D eigenvalue weighted by atomic mass is 32.1. The van der Waals surface area contributed by atoms with E-state index in [9.17, 15) is 19.5 Å². The minimum absolute atomic E-state index is 0.0169. The molecular weight excluding hydrogens is 636 g/mol. The molecule has 0 radical (unpaired) electrons. The van der Waals surface area contributed by atoms with Crippen LogP contribution in [0.2, 0.25) is 0 Å². The number of carbonyl (C=O) groups is 3. The Kier molecular flexibility index (Phi) is 10.1. The number of benzene rings is 3. The van der Waals surface area contributed by atoms with Crippen LogP contribution < -0.4 is 23.8 Å². The Balaban J connectivity index is 1.64. The van der Waals surface area contributed by atoms with Gasteiger partial charge in [-0.2, -0.15) is 0 Å². The van der Waals surface area contributed by atoms with Gasteiger partial charge in [-0.25, -0.2) is 9.78 Å². The van der Waals surface area contributed by atoms with E-state index < -0.39 is 29.5 Å². The lowest BCUT2D eigenvalue weighted by Gasteiger charge is -2.24. The second-order valence-corrected chi connectivity index (χ2v) is 11.7. The molecule has 1 saturated heterocycles. The molecule has 1 aromatic heterocycles. The van der Waals surface area contributed by atoms with Crippen LogP contribution in [0.3, 0.4) is 0 Å². The average molecular weight is 671 g/mol. The van der Waals surface area contributed by atoms with Gasteiger partial charge in [0, 0.05) is 5.56 Å². The van der Waals surface area contributed by atoms with E-state index in [2.05, 4.69) is 11.6 Å². The number of nitrogens with zero attached hydrogens (tertiary/aromatic N) is 2. The number of carbonyl (C=O) groups excluding carboxylic acids is 3. The minimum atomic E-state index is -1.20. The lowest BCUT2D eigenvalue weighted by Crippen LogP contribution is -2.29. The fourth-order valence-corrected chi connectivity index (χ4v) is 6.32. The smallest absolute Gasteiger partial charge is 0.350 e. The Morgan fingerprint density at radius 1 is 0.979 bits per heavy atom. The summed E-state index contributed by atoms with van der Waals surface area (Å²) in [4.78, 5) is 46.2. The van der Waals surface area contributed by atoms with E-state index >= 15 is 0 Å². The van der Waals surface area contributed by atoms with E-state index in [0.717, 1.165) is 21.8 Å². The number of rotatable bonds is 12. The van der Waals surface area contributed by atoms with Crippen LogP contribution in [0, 0.1) is 13.8 Å². The molecule has 2 heterocycles. The predicted octanol–water partition coefficient (Wildman–Crippen LogP) is 6.33. The van der Waals surface area contributed by atoms with Crippen molar-refractivity contribution in [2.75, 3.05) is 32.8 Å². The van der Waals surface area contributed by atoms with Crippen LogP contribution in [-0.4, -0.2) is 55.7 Å². The van der Waals surface area contributed by atoms with Crippen molar-refractivity contribution in [1.29, 1.82) is 0 Å². The number of aliphatic hydroxyl groups is 1. The van der Waals surface area contributed by atoms with E-state index in [4.69, 9.17) is 23.7 Å². The standard InChI is InChI=1S/C36H34N2O9S/c1-7-15-46-35(42)33-21(3)37-36(48-33)38-29(24-17-26(43-4)32(45-6)27(18-24)44-5)28(31(40)34(38)41)30(39)23-13-14-25(20(2)16-23)47-19-22-11-9-8-10-12-22/h7-14,16-18,29,39H,1,15,19H2,2-6H3/b30-28+. The molecule has 1 amide bonds.